The van der Waals surface area contributed by atoms with E-state index in [9.17, 15) is 9.18 Å². The quantitative estimate of drug-likeness (QED) is 0.682. The normalized spacial score (nSPS) is 20.1. The third-order valence-corrected chi connectivity index (χ3v) is 5.16. The van der Waals surface area contributed by atoms with Gasteiger partial charge >= 0.3 is 0 Å². The molecule has 0 unspecified atom stereocenters. The first-order valence-corrected chi connectivity index (χ1v) is 10.3. The number of carbonyl (C=O) groups excluding carboxylic acids is 1. The van der Waals surface area contributed by atoms with Crippen LogP contribution in [0.1, 0.15) is 40.5 Å². The fraction of sp³-hybridized carbons (Fsp3) is 0.632. The van der Waals surface area contributed by atoms with Crippen LogP contribution in [0.25, 0.3) is 10.3 Å². The molecule has 3 rings (SSSR count). The summed E-state index contributed by atoms with van der Waals surface area (Å²) in [5, 5.41) is 3.26. The van der Waals surface area contributed by atoms with E-state index < -0.39 is 5.82 Å². The van der Waals surface area contributed by atoms with Crippen molar-refractivity contribution in [2.75, 3.05) is 13.2 Å². The summed E-state index contributed by atoms with van der Waals surface area (Å²) in [7, 11) is 0. The molecule has 1 aliphatic carbocycles. The maximum Gasteiger partial charge on any atom is 0.276 e. The van der Waals surface area contributed by atoms with E-state index in [1.165, 1.54) is 24.3 Å². The summed E-state index contributed by atoms with van der Waals surface area (Å²) in [6.07, 6.45) is 1.85. The molecule has 154 valence electrons. The summed E-state index contributed by atoms with van der Waals surface area (Å²) < 4.78 is 31.1. The van der Waals surface area contributed by atoms with Crippen LogP contribution < -0.4 is 14.8 Å². The molecule has 2 heterocycles. The Morgan fingerprint density at radius 3 is 2.79 bits per heavy atom. The first-order valence-electron chi connectivity index (χ1n) is 9.45. The van der Waals surface area contributed by atoms with Crippen molar-refractivity contribution < 1.29 is 23.4 Å². The molecule has 0 saturated heterocycles. The highest BCUT2D eigenvalue weighted by atomic mass is 32.1. The standard InChI is InChI=1S/C19H26FN3O4S/c1-10(2)27-19-22-16-7-15(20)17(23-18(16)28-19)26-9-13-5-14(6-13)25-8-11(3)21-12(4)24/h7,10-11,13-14H,5-6,8-9H2,1-4H3,(H,21,24)/t11-,13?,14?/m0/s1. The lowest BCUT2D eigenvalue weighted by Crippen LogP contribution is -2.40. The largest absolute Gasteiger partial charge is 0.475 e. The number of ether oxygens (including phenoxy) is 3. The predicted molar refractivity (Wildman–Crippen MR) is 104 cm³/mol. The van der Waals surface area contributed by atoms with Crippen molar-refractivity contribution in [1.29, 1.82) is 0 Å². The predicted octanol–water partition coefficient (Wildman–Crippen LogP) is 3.32. The summed E-state index contributed by atoms with van der Waals surface area (Å²) >= 11 is 1.28. The summed E-state index contributed by atoms with van der Waals surface area (Å²) in [5.41, 5.74) is 0.468. The lowest BCUT2D eigenvalue weighted by atomic mass is 9.83. The van der Waals surface area contributed by atoms with E-state index in [0.29, 0.717) is 34.7 Å². The van der Waals surface area contributed by atoms with Crippen molar-refractivity contribution >= 4 is 27.6 Å². The van der Waals surface area contributed by atoms with E-state index in [-0.39, 0.29) is 30.0 Å². The SMILES string of the molecule is CC(=O)N[C@@H](C)COC1CC(COc2nc3sc(OC(C)C)nc3cc2F)C1. The zero-order chi connectivity index (χ0) is 20.3. The van der Waals surface area contributed by atoms with E-state index in [1.54, 1.807) is 0 Å². The number of hydrogen-bond acceptors (Lipinski definition) is 7. The number of nitrogens with zero attached hydrogens (tertiary/aromatic N) is 2. The Bertz CT molecular complexity index is 823. The number of amides is 1. The average Bonchev–Trinajstić information content (AvgIpc) is 2.92. The molecule has 0 bridgehead atoms. The number of thiazole rings is 1. The number of aromatic nitrogens is 2. The third-order valence-electron chi connectivity index (χ3n) is 4.30. The van der Waals surface area contributed by atoms with Gasteiger partial charge in [-0.3, -0.25) is 4.79 Å². The Balaban J connectivity index is 1.46. The van der Waals surface area contributed by atoms with Crippen LogP contribution in [0.4, 0.5) is 4.39 Å². The second-order valence-corrected chi connectivity index (χ2v) is 8.39. The Labute approximate surface area is 167 Å². The fourth-order valence-electron chi connectivity index (χ4n) is 2.97. The lowest BCUT2D eigenvalue weighted by molar-refractivity contribution is -0.120. The van der Waals surface area contributed by atoms with E-state index in [4.69, 9.17) is 14.2 Å². The van der Waals surface area contributed by atoms with Crippen molar-refractivity contribution in [3.63, 3.8) is 0 Å². The molecule has 0 aromatic carbocycles. The van der Waals surface area contributed by atoms with Crippen molar-refractivity contribution in [3.05, 3.63) is 11.9 Å². The molecular weight excluding hydrogens is 385 g/mol. The van der Waals surface area contributed by atoms with Gasteiger partial charge < -0.3 is 19.5 Å². The Morgan fingerprint density at radius 1 is 1.36 bits per heavy atom. The molecule has 9 heteroatoms. The summed E-state index contributed by atoms with van der Waals surface area (Å²) in [6.45, 7) is 8.08. The number of hydrogen-bond donors (Lipinski definition) is 1. The number of rotatable bonds is 9. The molecule has 1 aliphatic rings. The minimum atomic E-state index is -0.523. The van der Waals surface area contributed by atoms with Crippen molar-refractivity contribution in [1.82, 2.24) is 15.3 Å². The lowest BCUT2D eigenvalue weighted by Gasteiger charge is -2.35. The number of pyridine rings is 1. The minimum Gasteiger partial charge on any atom is -0.475 e. The van der Waals surface area contributed by atoms with Gasteiger partial charge in [-0.1, -0.05) is 11.3 Å². The second-order valence-electron chi connectivity index (χ2n) is 7.45. The van der Waals surface area contributed by atoms with E-state index in [2.05, 4.69) is 15.3 Å². The van der Waals surface area contributed by atoms with Crippen LogP contribution in [0.5, 0.6) is 11.1 Å². The van der Waals surface area contributed by atoms with Crippen LogP contribution in [0, 0.1) is 11.7 Å². The minimum absolute atomic E-state index is 0.00357. The highest BCUT2D eigenvalue weighted by Crippen LogP contribution is 2.33. The zero-order valence-electron chi connectivity index (χ0n) is 16.5. The van der Waals surface area contributed by atoms with Gasteiger partial charge in [0.05, 0.1) is 25.4 Å². The van der Waals surface area contributed by atoms with Crippen LogP contribution in [0.3, 0.4) is 0 Å². The van der Waals surface area contributed by atoms with Crippen LogP contribution >= 0.6 is 11.3 Å². The molecule has 1 amide bonds. The molecule has 7 nitrogen and oxygen atoms in total. The van der Waals surface area contributed by atoms with Crippen LogP contribution in [0.15, 0.2) is 6.07 Å². The molecular formula is C19H26FN3O4S. The monoisotopic (exact) mass is 411 g/mol. The van der Waals surface area contributed by atoms with Crippen molar-refractivity contribution in [3.8, 4) is 11.1 Å². The molecule has 1 atom stereocenters. The number of nitrogens with one attached hydrogen (secondary N) is 1. The van der Waals surface area contributed by atoms with Gasteiger partial charge in [0.2, 0.25) is 5.91 Å². The molecule has 0 spiro atoms. The molecule has 2 aromatic heterocycles. The van der Waals surface area contributed by atoms with Gasteiger partial charge in [0.15, 0.2) is 10.6 Å². The number of fused-ring (bicyclic) bond motifs is 1. The van der Waals surface area contributed by atoms with Gasteiger partial charge in [0, 0.05) is 19.0 Å². The molecule has 1 N–H and O–H groups in total. The van der Waals surface area contributed by atoms with Crippen LogP contribution in [-0.2, 0) is 9.53 Å². The Kier molecular flexibility index (Phi) is 6.66. The van der Waals surface area contributed by atoms with Crippen LogP contribution in [-0.4, -0.2) is 47.3 Å². The Morgan fingerprint density at radius 2 is 2.11 bits per heavy atom. The van der Waals surface area contributed by atoms with Gasteiger partial charge in [0.25, 0.3) is 11.1 Å². The fourth-order valence-corrected chi connectivity index (χ4v) is 3.86. The van der Waals surface area contributed by atoms with Crippen LogP contribution in [0.2, 0.25) is 0 Å². The van der Waals surface area contributed by atoms with Gasteiger partial charge in [-0.2, -0.15) is 4.98 Å². The smallest absolute Gasteiger partial charge is 0.276 e. The van der Waals surface area contributed by atoms with E-state index in [0.717, 1.165) is 12.8 Å². The number of carbonyl (C=O) groups is 1. The van der Waals surface area contributed by atoms with Crippen molar-refractivity contribution in [2.24, 2.45) is 5.92 Å². The molecule has 28 heavy (non-hydrogen) atoms. The Hall–Kier alpha value is -2.00. The molecule has 1 saturated carbocycles. The molecule has 1 fully saturated rings. The first-order chi connectivity index (χ1) is 13.3. The van der Waals surface area contributed by atoms with Gasteiger partial charge in [0.1, 0.15) is 5.52 Å². The highest BCUT2D eigenvalue weighted by molar-refractivity contribution is 7.19. The van der Waals surface area contributed by atoms with Crippen molar-refractivity contribution in [2.45, 2.75) is 58.8 Å². The summed E-state index contributed by atoms with van der Waals surface area (Å²) in [6, 6.07) is 1.32. The zero-order valence-corrected chi connectivity index (χ0v) is 17.3. The van der Waals surface area contributed by atoms with E-state index in [1.807, 2.05) is 20.8 Å². The molecule has 0 radical (unpaired) electrons. The highest BCUT2D eigenvalue weighted by Gasteiger charge is 2.31. The number of halogens is 1. The first kappa shape index (κ1) is 20.7. The summed E-state index contributed by atoms with van der Waals surface area (Å²) in [5.74, 6) is -0.286. The van der Waals surface area contributed by atoms with Gasteiger partial charge in [-0.25, -0.2) is 9.37 Å². The average molecular weight is 411 g/mol. The summed E-state index contributed by atoms with van der Waals surface area (Å²) in [4.78, 5) is 20.1. The van der Waals surface area contributed by atoms with Gasteiger partial charge in [-0.15, -0.1) is 0 Å². The second kappa shape index (κ2) is 9.00. The molecule has 0 aliphatic heterocycles. The maximum atomic E-state index is 14.2. The topological polar surface area (TPSA) is 82.6 Å². The van der Waals surface area contributed by atoms with E-state index >= 15 is 0 Å². The van der Waals surface area contributed by atoms with Gasteiger partial charge in [-0.05, 0) is 39.5 Å². The maximum absolute atomic E-state index is 14.2. The molecule has 2 aromatic rings. The third kappa shape index (κ3) is 5.51.